The Kier molecular flexibility index (Phi) is 4.93. The van der Waals surface area contributed by atoms with Gasteiger partial charge in [-0.3, -0.25) is 0 Å². The van der Waals surface area contributed by atoms with E-state index in [4.69, 9.17) is 33.7 Å². The maximum absolute atomic E-state index is 6.11. The largest absolute Gasteiger partial charge is 0.489 e. The van der Waals surface area contributed by atoms with Crippen molar-refractivity contribution >= 4 is 35.4 Å². The lowest BCUT2D eigenvalue weighted by molar-refractivity contribution is 0.306. The van der Waals surface area contributed by atoms with Gasteiger partial charge in [-0.2, -0.15) is 5.10 Å². The Hall–Kier alpha value is -2.64. The Morgan fingerprint density at radius 1 is 1.17 bits per heavy atom. The minimum absolute atomic E-state index is 0.117. The normalized spacial score (nSPS) is 11.1. The van der Waals surface area contributed by atoms with Gasteiger partial charge >= 0.3 is 0 Å². The monoisotopic (exact) mass is 362 g/mol. The van der Waals surface area contributed by atoms with E-state index in [1.54, 1.807) is 18.3 Å². The number of hydrogen-bond donors (Lipinski definition) is 1. The third-order valence-corrected chi connectivity index (χ3v) is 3.67. The molecule has 0 saturated carbocycles. The van der Waals surface area contributed by atoms with Gasteiger partial charge in [0.15, 0.2) is 0 Å². The lowest BCUT2D eigenvalue weighted by Gasteiger charge is -2.08. The van der Waals surface area contributed by atoms with Crippen LogP contribution < -0.4 is 10.5 Å². The summed E-state index contributed by atoms with van der Waals surface area (Å²) in [6, 6.07) is 12.7. The summed E-state index contributed by atoms with van der Waals surface area (Å²) in [5, 5.41) is 15.8. The van der Waals surface area contributed by atoms with Gasteiger partial charge in [0.2, 0.25) is 0 Å². The van der Waals surface area contributed by atoms with Crippen LogP contribution in [0.1, 0.15) is 11.1 Å². The molecule has 0 unspecified atom stereocenters. The van der Waals surface area contributed by atoms with Crippen LogP contribution in [0.5, 0.6) is 5.75 Å². The summed E-state index contributed by atoms with van der Waals surface area (Å²) in [5.74, 6) is 0.825. The zero-order valence-electron chi connectivity index (χ0n) is 12.3. The topological polar surface area (TPSA) is 91.2 Å². The lowest BCUT2D eigenvalue weighted by atomic mass is 10.2. The van der Waals surface area contributed by atoms with Crippen molar-refractivity contribution < 1.29 is 4.74 Å². The second-order valence-corrected chi connectivity index (χ2v) is 5.61. The molecule has 3 aromatic rings. The van der Waals surface area contributed by atoms with Gasteiger partial charge < -0.3 is 10.5 Å². The zero-order valence-corrected chi connectivity index (χ0v) is 13.8. The van der Waals surface area contributed by atoms with Gasteiger partial charge in [-0.1, -0.05) is 39.2 Å². The number of anilines is 1. The lowest BCUT2D eigenvalue weighted by Crippen LogP contribution is -1.99. The van der Waals surface area contributed by atoms with Crippen LogP contribution in [0.25, 0.3) is 0 Å². The fraction of sp³-hybridized carbons (Fsp3) is 0.0667. The van der Waals surface area contributed by atoms with Crippen LogP contribution in [0.3, 0.4) is 0 Å². The summed E-state index contributed by atoms with van der Waals surface area (Å²) in [4.78, 5) is 1.13. The Balaban J connectivity index is 1.62. The number of halogens is 2. The average Bonchev–Trinajstić information content (AvgIpc) is 2.98. The molecule has 122 valence electrons. The molecule has 0 atom stereocenters. The van der Waals surface area contributed by atoms with Crippen LogP contribution >= 0.6 is 23.2 Å². The van der Waals surface area contributed by atoms with Crippen LogP contribution in [0.4, 0.5) is 5.95 Å². The highest BCUT2D eigenvalue weighted by atomic mass is 35.5. The minimum atomic E-state index is 0.117. The zero-order chi connectivity index (χ0) is 16.9. The van der Waals surface area contributed by atoms with E-state index in [1.165, 1.54) is 0 Å². The molecule has 24 heavy (non-hydrogen) atoms. The van der Waals surface area contributed by atoms with Gasteiger partial charge in [0.25, 0.3) is 5.95 Å². The molecule has 0 spiro atoms. The van der Waals surface area contributed by atoms with Crippen molar-refractivity contribution in [3.63, 3.8) is 0 Å². The van der Waals surface area contributed by atoms with E-state index < -0.39 is 0 Å². The molecule has 7 nitrogen and oxygen atoms in total. The summed E-state index contributed by atoms with van der Waals surface area (Å²) >= 11 is 12.0. The predicted octanol–water partition coefficient (Wildman–Crippen LogP) is 3.02. The molecule has 2 aromatic carbocycles. The van der Waals surface area contributed by atoms with E-state index in [2.05, 4.69) is 20.6 Å². The number of benzene rings is 2. The van der Waals surface area contributed by atoms with Crippen molar-refractivity contribution in [3.05, 3.63) is 63.6 Å². The number of nitrogen functional groups attached to an aromatic ring is 1. The number of nitrogens with zero attached hydrogens (tertiary/aromatic N) is 5. The van der Waals surface area contributed by atoms with Crippen molar-refractivity contribution in [2.24, 2.45) is 5.10 Å². The van der Waals surface area contributed by atoms with Gasteiger partial charge in [-0.05, 0) is 52.4 Å². The first kappa shape index (κ1) is 16.2. The van der Waals surface area contributed by atoms with Crippen LogP contribution in [0.15, 0.2) is 47.6 Å². The molecule has 9 heteroatoms. The second-order valence-electron chi connectivity index (χ2n) is 4.76. The molecule has 1 heterocycles. The molecule has 0 saturated heterocycles. The Morgan fingerprint density at radius 2 is 1.96 bits per heavy atom. The van der Waals surface area contributed by atoms with Crippen LogP contribution in [-0.2, 0) is 6.61 Å². The number of rotatable bonds is 5. The van der Waals surface area contributed by atoms with Gasteiger partial charge in [0.1, 0.15) is 12.4 Å². The Morgan fingerprint density at radius 3 is 2.62 bits per heavy atom. The summed E-state index contributed by atoms with van der Waals surface area (Å²) in [6.07, 6.45) is 1.59. The fourth-order valence-electron chi connectivity index (χ4n) is 1.84. The summed E-state index contributed by atoms with van der Waals surface area (Å²) in [5.41, 5.74) is 7.23. The number of aromatic nitrogens is 4. The summed E-state index contributed by atoms with van der Waals surface area (Å²) in [6.45, 7) is 0.352. The third-order valence-electron chi connectivity index (χ3n) is 3.08. The highest BCUT2D eigenvalue weighted by Crippen LogP contribution is 2.22. The second kappa shape index (κ2) is 7.29. The molecule has 0 amide bonds. The summed E-state index contributed by atoms with van der Waals surface area (Å²) < 4.78 is 5.71. The fourth-order valence-corrected chi connectivity index (χ4v) is 2.31. The molecule has 0 aliphatic carbocycles. The van der Waals surface area contributed by atoms with Gasteiger partial charge in [0.05, 0.1) is 6.21 Å². The maximum Gasteiger partial charge on any atom is 0.263 e. The average molecular weight is 363 g/mol. The van der Waals surface area contributed by atoms with E-state index in [0.717, 1.165) is 15.9 Å². The third kappa shape index (κ3) is 4.01. The molecule has 0 aliphatic heterocycles. The summed E-state index contributed by atoms with van der Waals surface area (Å²) in [7, 11) is 0. The maximum atomic E-state index is 6.11. The molecule has 0 aliphatic rings. The van der Waals surface area contributed by atoms with Crippen LogP contribution in [0, 0.1) is 0 Å². The van der Waals surface area contributed by atoms with Crippen molar-refractivity contribution in [1.29, 1.82) is 0 Å². The molecule has 0 bridgehead atoms. The van der Waals surface area contributed by atoms with Crippen molar-refractivity contribution in [3.8, 4) is 5.75 Å². The molecular formula is C15H12Cl2N6O. The molecule has 3 rings (SSSR count). The van der Waals surface area contributed by atoms with Gasteiger partial charge in [-0.25, -0.2) is 0 Å². The van der Waals surface area contributed by atoms with E-state index in [-0.39, 0.29) is 5.95 Å². The number of ether oxygens (including phenoxy) is 1. The first-order valence-electron chi connectivity index (χ1n) is 6.87. The SMILES string of the molecule is Nc1nnnn1/N=C/c1ccc(OCc2ccc(Cl)cc2Cl)cc1. The van der Waals surface area contributed by atoms with E-state index in [1.807, 2.05) is 30.3 Å². The van der Waals surface area contributed by atoms with Crippen LogP contribution in [0.2, 0.25) is 10.0 Å². The Labute approximate surface area is 147 Å². The van der Waals surface area contributed by atoms with E-state index in [0.29, 0.717) is 22.4 Å². The van der Waals surface area contributed by atoms with E-state index in [9.17, 15) is 0 Å². The Bertz CT molecular complexity index is 863. The van der Waals surface area contributed by atoms with Gasteiger partial charge in [0, 0.05) is 15.6 Å². The van der Waals surface area contributed by atoms with Crippen LogP contribution in [-0.4, -0.2) is 26.5 Å². The molecule has 0 fully saturated rings. The molecule has 1 aromatic heterocycles. The van der Waals surface area contributed by atoms with Gasteiger partial charge in [-0.15, -0.1) is 0 Å². The predicted molar refractivity (Wildman–Crippen MR) is 92.5 cm³/mol. The molecule has 0 radical (unpaired) electrons. The quantitative estimate of drug-likeness (QED) is 0.704. The smallest absolute Gasteiger partial charge is 0.263 e. The highest BCUT2D eigenvalue weighted by Gasteiger charge is 2.03. The van der Waals surface area contributed by atoms with Crippen molar-refractivity contribution in [2.45, 2.75) is 6.61 Å². The molecule has 2 N–H and O–H groups in total. The highest BCUT2D eigenvalue weighted by molar-refractivity contribution is 6.35. The number of nitrogens with two attached hydrogens (primary N) is 1. The first-order chi connectivity index (χ1) is 11.6. The van der Waals surface area contributed by atoms with Crippen molar-refractivity contribution in [1.82, 2.24) is 20.3 Å². The number of hydrogen-bond acceptors (Lipinski definition) is 6. The minimum Gasteiger partial charge on any atom is -0.489 e. The number of tetrazole rings is 1. The van der Waals surface area contributed by atoms with Crippen molar-refractivity contribution in [2.75, 3.05) is 5.73 Å². The standard InChI is InChI=1S/C15H12Cl2N6O/c16-12-4-3-11(14(17)7-12)9-24-13-5-1-10(2-6-13)8-19-23-15(18)20-21-22-23/h1-8H,9H2,(H2,18,20,22)/b19-8+. The molecular weight excluding hydrogens is 351 g/mol. The first-order valence-corrected chi connectivity index (χ1v) is 7.62. The van der Waals surface area contributed by atoms with E-state index >= 15 is 0 Å².